The quantitative estimate of drug-likeness (QED) is 0.646. The highest BCUT2D eigenvalue weighted by atomic mass is 16.2. The van der Waals surface area contributed by atoms with Crippen LogP contribution in [-0.2, 0) is 4.79 Å². The molecule has 1 heterocycles. The first-order valence-electron chi connectivity index (χ1n) is 8.86. The highest BCUT2D eigenvalue weighted by molar-refractivity contribution is 5.94. The number of fused-ring (bicyclic) bond motifs is 1. The number of aromatic nitrogens is 3. The highest BCUT2D eigenvalue weighted by Crippen LogP contribution is 2.22. The third kappa shape index (κ3) is 4.05. The third-order valence-corrected chi connectivity index (χ3v) is 4.38. The Labute approximate surface area is 148 Å². The fraction of sp³-hybridized carbons (Fsp3) is 0.350. The molecule has 2 aromatic carbocycles. The number of hydrogen-bond donors (Lipinski definition) is 1. The van der Waals surface area contributed by atoms with Crippen LogP contribution in [0.3, 0.4) is 0 Å². The van der Waals surface area contributed by atoms with Gasteiger partial charge in [-0.3, -0.25) is 4.79 Å². The molecule has 25 heavy (non-hydrogen) atoms. The number of carbonyl (C=O) groups excluding carboxylic acids is 1. The number of carbonyl (C=O) groups is 1. The molecule has 3 aromatic rings. The minimum absolute atomic E-state index is 0.0457. The Morgan fingerprint density at radius 1 is 1.12 bits per heavy atom. The van der Waals surface area contributed by atoms with Crippen molar-refractivity contribution in [1.82, 2.24) is 15.0 Å². The molecule has 1 unspecified atom stereocenters. The van der Waals surface area contributed by atoms with Crippen LogP contribution in [0.4, 0.5) is 5.69 Å². The zero-order valence-corrected chi connectivity index (χ0v) is 14.8. The maximum Gasteiger partial charge on any atom is 0.249 e. The van der Waals surface area contributed by atoms with Gasteiger partial charge in [-0.15, -0.1) is 5.10 Å². The van der Waals surface area contributed by atoms with E-state index in [1.807, 2.05) is 55.5 Å². The lowest BCUT2D eigenvalue weighted by Gasteiger charge is -2.17. The van der Waals surface area contributed by atoms with Gasteiger partial charge in [-0.05, 0) is 37.6 Å². The number of amides is 1. The van der Waals surface area contributed by atoms with E-state index in [2.05, 4.69) is 22.6 Å². The standard InChI is InChI=1S/C20H24N4O/c1-3-4-5-10-19(20(25)21-16-13-11-15(2)12-14-16)24-18-9-7-6-8-17(18)22-23-24/h6-9,11-14,19H,3-5,10H2,1-2H3,(H,21,25). The number of nitrogens with zero attached hydrogens (tertiary/aromatic N) is 3. The molecule has 0 saturated carbocycles. The van der Waals surface area contributed by atoms with Crippen molar-refractivity contribution in [2.75, 3.05) is 5.32 Å². The van der Waals surface area contributed by atoms with Gasteiger partial charge in [0.15, 0.2) is 0 Å². The fourth-order valence-electron chi connectivity index (χ4n) is 2.93. The Kier molecular flexibility index (Phi) is 5.43. The maximum absolute atomic E-state index is 12.9. The van der Waals surface area contributed by atoms with Crippen molar-refractivity contribution >= 4 is 22.6 Å². The fourth-order valence-corrected chi connectivity index (χ4v) is 2.93. The van der Waals surface area contributed by atoms with Crippen molar-refractivity contribution in [2.45, 2.75) is 45.6 Å². The second kappa shape index (κ2) is 7.92. The summed E-state index contributed by atoms with van der Waals surface area (Å²) in [7, 11) is 0. The SMILES string of the molecule is CCCCCC(C(=O)Nc1ccc(C)cc1)n1nnc2ccccc21. The minimum atomic E-state index is -0.361. The van der Waals surface area contributed by atoms with Crippen LogP contribution in [0.15, 0.2) is 48.5 Å². The number of hydrogen-bond acceptors (Lipinski definition) is 3. The Balaban J connectivity index is 1.85. The van der Waals surface area contributed by atoms with Crippen LogP contribution in [-0.4, -0.2) is 20.9 Å². The van der Waals surface area contributed by atoms with E-state index in [1.165, 1.54) is 5.56 Å². The van der Waals surface area contributed by atoms with E-state index >= 15 is 0 Å². The number of benzene rings is 2. The Morgan fingerprint density at radius 3 is 2.64 bits per heavy atom. The summed E-state index contributed by atoms with van der Waals surface area (Å²) in [5.74, 6) is -0.0457. The van der Waals surface area contributed by atoms with E-state index in [9.17, 15) is 4.79 Å². The zero-order chi connectivity index (χ0) is 17.6. The molecule has 0 aliphatic heterocycles. The Hall–Kier alpha value is -2.69. The smallest absolute Gasteiger partial charge is 0.249 e. The van der Waals surface area contributed by atoms with Crippen molar-refractivity contribution < 1.29 is 4.79 Å². The summed E-state index contributed by atoms with van der Waals surface area (Å²) in [6.45, 7) is 4.19. The van der Waals surface area contributed by atoms with Gasteiger partial charge in [0.2, 0.25) is 5.91 Å². The van der Waals surface area contributed by atoms with Gasteiger partial charge >= 0.3 is 0 Å². The molecule has 0 bridgehead atoms. The summed E-state index contributed by atoms with van der Waals surface area (Å²) in [5, 5.41) is 11.5. The Morgan fingerprint density at radius 2 is 1.88 bits per heavy atom. The molecule has 0 fully saturated rings. The van der Waals surface area contributed by atoms with Crippen LogP contribution in [0.2, 0.25) is 0 Å². The first kappa shape index (κ1) is 17.1. The van der Waals surface area contributed by atoms with Crippen LogP contribution in [0.25, 0.3) is 11.0 Å². The van der Waals surface area contributed by atoms with E-state index in [1.54, 1.807) is 4.68 Å². The van der Waals surface area contributed by atoms with Gasteiger partial charge in [0.1, 0.15) is 11.6 Å². The number of rotatable bonds is 7. The van der Waals surface area contributed by atoms with Gasteiger partial charge < -0.3 is 5.32 Å². The molecule has 3 rings (SSSR count). The lowest BCUT2D eigenvalue weighted by atomic mass is 10.1. The summed E-state index contributed by atoms with van der Waals surface area (Å²) in [4.78, 5) is 12.9. The zero-order valence-electron chi connectivity index (χ0n) is 14.8. The van der Waals surface area contributed by atoms with E-state index in [0.29, 0.717) is 0 Å². The minimum Gasteiger partial charge on any atom is -0.324 e. The van der Waals surface area contributed by atoms with Gasteiger partial charge in [0.05, 0.1) is 5.52 Å². The predicted molar refractivity (Wildman–Crippen MR) is 101 cm³/mol. The van der Waals surface area contributed by atoms with E-state index < -0.39 is 0 Å². The average Bonchev–Trinajstić information content (AvgIpc) is 3.04. The van der Waals surface area contributed by atoms with E-state index in [4.69, 9.17) is 0 Å². The molecule has 0 aliphatic carbocycles. The molecule has 0 aliphatic rings. The molecule has 1 atom stereocenters. The molecular formula is C20H24N4O. The average molecular weight is 336 g/mol. The molecule has 1 N–H and O–H groups in total. The lowest BCUT2D eigenvalue weighted by Crippen LogP contribution is -2.27. The number of unbranched alkanes of at least 4 members (excludes halogenated alkanes) is 2. The second-order valence-electron chi connectivity index (χ2n) is 6.39. The maximum atomic E-state index is 12.9. The van der Waals surface area contributed by atoms with Gasteiger partial charge in [0.25, 0.3) is 0 Å². The van der Waals surface area contributed by atoms with Gasteiger partial charge in [-0.1, -0.05) is 61.2 Å². The summed E-state index contributed by atoms with van der Waals surface area (Å²) >= 11 is 0. The van der Waals surface area contributed by atoms with Gasteiger partial charge in [0, 0.05) is 5.69 Å². The van der Waals surface area contributed by atoms with E-state index in [0.717, 1.165) is 42.4 Å². The number of para-hydroxylation sites is 1. The molecule has 1 amide bonds. The number of nitrogens with one attached hydrogen (secondary N) is 1. The second-order valence-corrected chi connectivity index (χ2v) is 6.39. The third-order valence-electron chi connectivity index (χ3n) is 4.38. The molecule has 5 nitrogen and oxygen atoms in total. The summed E-state index contributed by atoms with van der Waals surface area (Å²) in [6.07, 6.45) is 3.95. The van der Waals surface area contributed by atoms with Crippen LogP contribution < -0.4 is 5.32 Å². The molecule has 0 radical (unpaired) electrons. The largest absolute Gasteiger partial charge is 0.324 e. The van der Waals surface area contributed by atoms with Crippen LogP contribution in [0.1, 0.15) is 44.2 Å². The molecule has 5 heteroatoms. The number of anilines is 1. The highest BCUT2D eigenvalue weighted by Gasteiger charge is 2.23. The molecular weight excluding hydrogens is 312 g/mol. The molecule has 0 saturated heterocycles. The summed E-state index contributed by atoms with van der Waals surface area (Å²) in [5.41, 5.74) is 3.68. The van der Waals surface area contributed by atoms with Crippen molar-refractivity contribution in [3.05, 3.63) is 54.1 Å². The molecule has 0 spiro atoms. The predicted octanol–water partition coefficient (Wildman–Crippen LogP) is 4.50. The van der Waals surface area contributed by atoms with E-state index in [-0.39, 0.29) is 11.9 Å². The van der Waals surface area contributed by atoms with Crippen molar-refractivity contribution in [1.29, 1.82) is 0 Å². The molecule has 130 valence electrons. The van der Waals surface area contributed by atoms with Crippen LogP contribution in [0, 0.1) is 6.92 Å². The first-order chi connectivity index (χ1) is 12.2. The summed E-state index contributed by atoms with van der Waals surface area (Å²) in [6, 6.07) is 15.2. The number of aryl methyl sites for hydroxylation is 1. The van der Waals surface area contributed by atoms with Gasteiger partial charge in [-0.25, -0.2) is 4.68 Å². The van der Waals surface area contributed by atoms with Crippen molar-refractivity contribution in [2.24, 2.45) is 0 Å². The summed E-state index contributed by atoms with van der Waals surface area (Å²) < 4.78 is 1.76. The lowest BCUT2D eigenvalue weighted by molar-refractivity contribution is -0.119. The topological polar surface area (TPSA) is 59.8 Å². The normalized spacial score (nSPS) is 12.2. The van der Waals surface area contributed by atoms with Gasteiger partial charge in [-0.2, -0.15) is 0 Å². The first-order valence-corrected chi connectivity index (χ1v) is 8.86. The van der Waals surface area contributed by atoms with Crippen molar-refractivity contribution in [3.8, 4) is 0 Å². The van der Waals surface area contributed by atoms with Crippen molar-refractivity contribution in [3.63, 3.8) is 0 Å². The Bertz CT molecular complexity index is 838. The molecule has 1 aromatic heterocycles. The monoisotopic (exact) mass is 336 g/mol. The van der Waals surface area contributed by atoms with Crippen LogP contribution >= 0.6 is 0 Å². The van der Waals surface area contributed by atoms with Crippen LogP contribution in [0.5, 0.6) is 0 Å².